The molecule has 0 radical (unpaired) electrons. The molecule has 1 aromatic rings. The predicted octanol–water partition coefficient (Wildman–Crippen LogP) is 2.37. The zero-order chi connectivity index (χ0) is 16.9. The maximum absolute atomic E-state index is 12.3. The molecule has 2 amide bonds. The lowest BCUT2D eigenvalue weighted by atomic mass is 9.81. The molecule has 2 aliphatic rings. The lowest BCUT2D eigenvalue weighted by molar-refractivity contribution is -0.135. The van der Waals surface area contributed by atoms with Crippen LogP contribution in [0.4, 0.5) is 0 Å². The van der Waals surface area contributed by atoms with E-state index >= 15 is 0 Å². The second kappa shape index (κ2) is 7.77. The van der Waals surface area contributed by atoms with Gasteiger partial charge in [0.1, 0.15) is 0 Å². The van der Waals surface area contributed by atoms with E-state index in [-0.39, 0.29) is 5.91 Å². The predicted molar refractivity (Wildman–Crippen MR) is 91.9 cm³/mol. The molecule has 1 saturated heterocycles. The number of hydrogen-bond acceptors (Lipinski definition) is 3. The molecular weight excluding hydrogens is 302 g/mol. The summed E-state index contributed by atoms with van der Waals surface area (Å²) in [6.07, 6.45) is 8.15. The van der Waals surface area contributed by atoms with Gasteiger partial charge in [-0.05, 0) is 42.7 Å². The van der Waals surface area contributed by atoms with Crippen LogP contribution < -0.4 is 5.32 Å². The molecule has 24 heavy (non-hydrogen) atoms. The van der Waals surface area contributed by atoms with Crippen LogP contribution in [0.1, 0.15) is 44.6 Å². The summed E-state index contributed by atoms with van der Waals surface area (Å²) in [7, 11) is 0. The standard InChI is InChI=1S/C19H27N3O2/c1-2-15-13-22(19(24)16-5-6-16)9-7-17(15)10-18(23)21-12-14-4-3-8-20-11-14/h3-4,8,11,15-17H,2,5-7,9-10,12-13H2,1H3,(H,21,23)/t15-,17-/m0/s1. The Bertz CT molecular complexity index is 571. The van der Waals surface area contributed by atoms with Crippen LogP contribution in [0.25, 0.3) is 0 Å². The van der Waals surface area contributed by atoms with E-state index in [0.717, 1.165) is 44.3 Å². The largest absolute Gasteiger partial charge is 0.352 e. The summed E-state index contributed by atoms with van der Waals surface area (Å²) in [6.45, 7) is 4.33. The second-order valence-corrected chi connectivity index (χ2v) is 7.12. The summed E-state index contributed by atoms with van der Waals surface area (Å²) in [6, 6.07) is 3.84. The molecule has 0 unspecified atom stereocenters. The third-order valence-electron chi connectivity index (χ3n) is 5.31. The van der Waals surface area contributed by atoms with Gasteiger partial charge in [-0.15, -0.1) is 0 Å². The van der Waals surface area contributed by atoms with Crippen LogP contribution in [0.2, 0.25) is 0 Å². The number of likely N-dealkylation sites (tertiary alicyclic amines) is 1. The molecule has 130 valence electrons. The maximum atomic E-state index is 12.3. The first-order valence-corrected chi connectivity index (χ1v) is 9.11. The monoisotopic (exact) mass is 329 g/mol. The van der Waals surface area contributed by atoms with Crippen molar-refractivity contribution < 1.29 is 9.59 Å². The highest BCUT2D eigenvalue weighted by Crippen LogP contribution is 2.35. The number of rotatable bonds is 6. The normalized spacial score (nSPS) is 23.8. The summed E-state index contributed by atoms with van der Waals surface area (Å²) in [5, 5.41) is 2.99. The van der Waals surface area contributed by atoms with Crippen molar-refractivity contribution in [1.29, 1.82) is 0 Å². The van der Waals surface area contributed by atoms with Gasteiger partial charge in [0, 0.05) is 44.4 Å². The van der Waals surface area contributed by atoms with Gasteiger partial charge < -0.3 is 10.2 Å². The van der Waals surface area contributed by atoms with Gasteiger partial charge in [-0.2, -0.15) is 0 Å². The molecule has 1 saturated carbocycles. The van der Waals surface area contributed by atoms with Gasteiger partial charge in [0.2, 0.25) is 11.8 Å². The van der Waals surface area contributed by atoms with Crippen molar-refractivity contribution in [3.05, 3.63) is 30.1 Å². The Kier molecular flexibility index (Phi) is 5.48. The van der Waals surface area contributed by atoms with Crippen molar-refractivity contribution in [3.8, 4) is 0 Å². The fourth-order valence-electron chi connectivity index (χ4n) is 3.61. The summed E-state index contributed by atoms with van der Waals surface area (Å²) in [5.41, 5.74) is 1.02. The van der Waals surface area contributed by atoms with Crippen molar-refractivity contribution in [1.82, 2.24) is 15.2 Å². The van der Waals surface area contributed by atoms with Crippen LogP contribution in [-0.2, 0) is 16.1 Å². The molecule has 1 aromatic heterocycles. The highest BCUT2D eigenvalue weighted by atomic mass is 16.2. The fourth-order valence-corrected chi connectivity index (χ4v) is 3.61. The van der Waals surface area contributed by atoms with E-state index < -0.39 is 0 Å². The molecule has 0 spiro atoms. The molecule has 5 heteroatoms. The average Bonchev–Trinajstić information content (AvgIpc) is 3.45. The Hall–Kier alpha value is -1.91. The third kappa shape index (κ3) is 4.34. The highest BCUT2D eigenvalue weighted by Gasteiger charge is 2.37. The van der Waals surface area contributed by atoms with Crippen molar-refractivity contribution >= 4 is 11.8 Å². The Morgan fingerprint density at radius 1 is 1.29 bits per heavy atom. The molecule has 2 fully saturated rings. The SMILES string of the molecule is CC[C@H]1CN(C(=O)C2CC2)CC[C@H]1CC(=O)NCc1cccnc1. The van der Waals surface area contributed by atoms with E-state index in [2.05, 4.69) is 17.2 Å². The lowest BCUT2D eigenvalue weighted by Gasteiger charge is -2.38. The van der Waals surface area contributed by atoms with Gasteiger partial charge in [0.05, 0.1) is 0 Å². The van der Waals surface area contributed by atoms with Gasteiger partial charge in [-0.3, -0.25) is 14.6 Å². The van der Waals surface area contributed by atoms with Gasteiger partial charge >= 0.3 is 0 Å². The number of amides is 2. The van der Waals surface area contributed by atoms with Crippen molar-refractivity contribution in [2.24, 2.45) is 17.8 Å². The Morgan fingerprint density at radius 2 is 2.12 bits per heavy atom. The fraction of sp³-hybridized carbons (Fsp3) is 0.632. The zero-order valence-corrected chi connectivity index (χ0v) is 14.4. The molecule has 2 heterocycles. The summed E-state index contributed by atoms with van der Waals surface area (Å²) < 4.78 is 0. The van der Waals surface area contributed by atoms with Crippen LogP contribution in [0.3, 0.4) is 0 Å². The minimum absolute atomic E-state index is 0.101. The number of carbonyl (C=O) groups is 2. The first-order valence-electron chi connectivity index (χ1n) is 9.11. The Labute approximate surface area is 143 Å². The topological polar surface area (TPSA) is 62.3 Å². The van der Waals surface area contributed by atoms with Crippen molar-refractivity contribution in [2.45, 2.75) is 45.6 Å². The van der Waals surface area contributed by atoms with Gasteiger partial charge in [-0.25, -0.2) is 0 Å². The number of pyridine rings is 1. The van der Waals surface area contributed by atoms with Crippen LogP contribution in [0.5, 0.6) is 0 Å². The summed E-state index contributed by atoms with van der Waals surface area (Å²) in [5.74, 6) is 1.55. The molecule has 5 nitrogen and oxygen atoms in total. The lowest BCUT2D eigenvalue weighted by Crippen LogP contribution is -2.45. The Morgan fingerprint density at radius 3 is 2.79 bits per heavy atom. The third-order valence-corrected chi connectivity index (χ3v) is 5.31. The van der Waals surface area contributed by atoms with Gasteiger partial charge in [-0.1, -0.05) is 19.4 Å². The molecule has 0 aromatic carbocycles. The quantitative estimate of drug-likeness (QED) is 0.871. The van der Waals surface area contributed by atoms with E-state index in [1.807, 2.05) is 17.0 Å². The van der Waals surface area contributed by atoms with Crippen LogP contribution >= 0.6 is 0 Å². The maximum Gasteiger partial charge on any atom is 0.225 e. The van der Waals surface area contributed by atoms with Crippen molar-refractivity contribution in [3.63, 3.8) is 0 Å². The number of carbonyl (C=O) groups excluding carboxylic acids is 2. The number of nitrogens with zero attached hydrogens (tertiary/aromatic N) is 2. The van der Waals surface area contributed by atoms with E-state index in [0.29, 0.717) is 36.6 Å². The van der Waals surface area contributed by atoms with E-state index in [1.54, 1.807) is 12.4 Å². The van der Waals surface area contributed by atoms with Gasteiger partial charge in [0.15, 0.2) is 0 Å². The van der Waals surface area contributed by atoms with Crippen LogP contribution in [0.15, 0.2) is 24.5 Å². The van der Waals surface area contributed by atoms with E-state index in [1.165, 1.54) is 0 Å². The molecule has 1 aliphatic carbocycles. The molecule has 2 atom stereocenters. The molecule has 0 bridgehead atoms. The number of aromatic nitrogens is 1. The van der Waals surface area contributed by atoms with Gasteiger partial charge in [0.25, 0.3) is 0 Å². The van der Waals surface area contributed by atoms with Crippen LogP contribution in [-0.4, -0.2) is 34.8 Å². The Balaban J connectivity index is 1.47. The second-order valence-electron chi connectivity index (χ2n) is 7.12. The smallest absolute Gasteiger partial charge is 0.225 e. The first kappa shape index (κ1) is 16.9. The first-order chi connectivity index (χ1) is 11.7. The highest BCUT2D eigenvalue weighted by molar-refractivity contribution is 5.81. The van der Waals surface area contributed by atoms with E-state index in [9.17, 15) is 9.59 Å². The van der Waals surface area contributed by atoms with Crippen molar-refractivity contribution in [2.75, 3.05) is 13.1 Å². The average molecular weight is 329 g/mol. The number of hydrogen-bond donors (Lipinski definition) is 1. The minimum Gasteiger partial charge on any atom is -0.352 e. The van der Waals surface area contributed by atoms with Crippen LogP contribution in [0, 0.1) is 17.8 Å². The number of piperidine rings is 1. The number of nitrogens with one attached hydrogen (secondary N) is 1. The van der Waals surface area contributed by atoms with E-state index in [4.69, 9.17) is 0 Å². The molecule has 3 rings (SSSR count). The minimum atomic E-state index is 0.101. The summed E-state index contributed by atoms with van der Waals surface area (Å²) >= 11 is 0. The molecular formula is C19H27N3O2. The zero-order valence-electron chi connectivity index (χ0n) is 14.4. The summed E-state index contributed by atoms with van der Waals surface area (Å²) in [4.78, 5) is 30.6. The molecule has 1 N–H and O–H groups in total. The molecule has 1 aliphatic heterocycles.